The van der Waals surface area contributed by atoms with Crippen LogP contribution >= 0.6 is 8.58 Å². The van der Waals surface area contributed by atoms with Crippen LogP contribution < -0.4 is 0 Å². The van der Waals surface area contributed by atoms with E-state index in [4.69, 9.17) is 0 Å². The van der Waals surface area contributed by atoms with Gasteiger partial charge in [0.25, 0.3) is 0 Å². The maximum atomic E-state index is 12.8. The van der Waals surface area contributed by atoms with Crippen LogP contribution in [0.1, 0.15) is 67.7 Å². The number of rotatable bonds is 9. The van der Waals surface area contributed by atoms with Crippen molar-refractivity contribution in [2.75, 3.05) is 6.16 Å². The molecule has 0 rings (SSSR count). The van der Waals surface area contributed by atoms with Crippen molar-refractivity contribution in [1.29, 1.82) is 0 Å². The van der Waals surface area contributed by atoms with Gasteiger partial charge in [-0.1, -0.05) is 53.3 Å². The van der Waals surface area contributed by atoms with E-state index in [-0.39, 0.29) is 10.6 Å². The number of hydrogen-bond donors (Lipinski definition) is 0. The Hall–Kier alpha value is 0.230. The summed E-state index contributed by atoms with van der Waals surface area (Å²) in [5.41, 5.74) is -0.169. The molecule has 0 saturated heterocycles. The zero-order chi connectivity index (χ0) is 15.3. The molecule has 0 spiro atoms. The van der Waals surface area contributed by atoms with Gasteiger partial charge in [-0.05, 0) is 25.9 Å². The lowest BCUT2D eigenvalue weighted by atomic mass is 9.40. The molecule has 0 aromatic carbocycles. The Morgan fingerprint density at radius 1 is 1.11 bits per heavy atom. The van der Waals surface area contributed by atoms with Crippen LogP contribution in [0.4, 0.5) is 0 Å². The molecule has 0 aliphatic heterocycles. The molecule has 0 N–H and O–H groups in total. The first-order valence-electron chi connectivity index (χ1n) is 7.84. The van der Waals surface area contributed by atoms with E-state index in [1.54, 1.807) is 0 Å². The minimum Gasteiger partial charge on any atom is -0.298 e. The first-order chi connectivity index (χ1) is 8.54. The Bertz CT molecular complexity index is 303. The van der Waals surface area contributed by atoms with Crippen LogP contribution in [0.15, 0.2) is 0 Å². The average molecular weight is 282 g/mol. The number of Topliss-reactive ketones (excluding diaryl/α,β-unsaturated/α-hetero) is 1. The topological polar surface area (TPSA) is 17.1 Å². The van der Waals surface area contributed by atoms with Crippen molar-refractivity contribution in [2.24, 2.45) is 5.41 Å². The van der Waals surface area contributed by atoms with Crippen LogP contribution in [0, 0.1) is 5.41 Å². The lowest BCUT2D eigenvalue weighted by Gasteiger charge is -2.36. The van der Waals surface area contributed by atoms with Crippen LogP contribution in [0.3, 0.4) is 0 Å². The summed E-state index contributed by atoms with van der Waals surface area (Å²) in [6.45, 7) is 15.3. The summed E-state index contributed by atoms with van der Waals surface area (Å²) in [6.07, 6.45) is 4.33. The van der Waals surface area contributed by atoms with E-state index in [1.165, 1.54) is 19.8 Å². The van der Waals surface area contributed by atoms with Crippen molar-refractivity contribution in [3.63, 3.8) is 0 Å². The third-order valence-corrected chi connectivity index (χ3v) is 6.84. The van der Waals surface area contributed by atoms with Gasteiger partial charge in [0.05, 0.1) is 14.9 Å². The van der Waals surface area contributed by atoms with Crippen molar-refractivity contribution < 1.29 is 4.79 Å². The fourth-order valence-corrected chi connectivity index (χ4v) is 4.23. The highest BCUT2D eigenvalue weighted by Crippen LogP contribution is 2.44. The second kappa shape index (κ2) is 7.30. The third kappa shape index (κ3) is 5.62. The van der Waals surface area contributed by atoms with Crippen LogP contribution in [0.25, 0.3) is 0 Å². The summed E-state index contributed by atoms with van der Waals surface area (Å²) >= 11 is 0. The summed E-state index contributed by atoms with van der Waals surface area (Å²) < 4.78 is 0. The summed E-state index contributed by atoms with van der Waals surface area (Å²) in [5, 5.41) is 0.314. The number of ketones is 1. The summed E-state index contributed by atoms with van der Waals surface area (Å²) in [5.74, 6) is 0.470. The van der Waals surface area contributed by atoms with E-state index in [2.05, 4.69) is 56.2 Å². The molecule has 1 nitrogen and oxygen atoms in total. The van der Waals surface area contributed by atoms with Gasteiger partial charge < -0.3 is 0 Å². The molecular formula is C15H33B2OP. The Balaban J connectivity index is 4.68. The Labute approximate surface area is 124 Å². The Morgan fingerprint density at radius 2 is 1.63 bits per heavy atom. The van der Waals surface area contributed by atoms with Gasteiger partial charge in [0.2, 0.25) is 0 Å². The minimum absolute atomic E-state index is 0.108. The van der Waals surface area contributed by atoms with Crippen LogP contribution in [0.2, 0.25) is 5.31 Å². The van der Waals surface area contributed by atoms with Crippen molar-refractivity contribution in [3.05, 3.63) is 0 Å². The van der Waals surface area contributed by atoms with E-state index in [1.807, 2.05) is 0 Å². The Kier molecular flexibility index (Phi) is 7.39. The molecule has 19 heavy (non-hydrogen) atoms. The summed E-state index contributed by atoms with van der Waals surface area (Å²) in [7, 11) is 4.23. The predicted molar refractivity (Wildman–Crippen MR) is 95.3 cm³/mol. The van der Waals surface area contributed by atoms with E-state index >= 15 is 0 Å². The quantitative estimate of drug-likeness (QED) is 0.468. The molecule has 2 atom stereocenters. The molecule has 0 aromatic rings. The minimum atomic E-state index is -0.169. The van der Waals surface area contributed by atoms with Crippen molar-refractivity contribution in [2.45, 2.75) is 78.2 Å². The largest absolute Gasteiger partial charge is 0.298 e. The molecule has 0 radical (unpaired) electrons. The van der Waals surface area contributed by atoms with Gasteiger partial charge >= 0.3 is 0 Å². The second-order valence-electron chi connectivity index (χ2n) is 7.45. The number of hydrogen-bond acceptors (Lipinski definition) is 1. The molecule has 0 saturated carbocycles. The maximum absolute atomic E-state index is 12.8. The normalized spacial score (nSPS) is 16.6. The van der Waals surface area contributed by atoms with Gasteiger partial charge in [0.15, 0.2) is 0 Å². The summed E-state index contributed by atoms with van der Waals surface area (Å²) in [6, 6.07) is 0. The zero-order valence-electron chi connectivity index (χ0n) is 14.4. The van der Waals surface area contributed by atoms with Crippen molar-refractivity contribution in [1.82, 2.24) is 0 Å². The number of carbonyl (C=O) groups is 1. The summed E-state index contributed by atoms with van der Waals surface area (Å²) in [4.78, 5) is 12.8. The first kappa shape index (κ1) is 19.2. The molecular weight excluding hydrogens is 249 g/mol. The lowest BCUT2D eigenvalue weighted by Crippen LogP contribution is -2.40. The molecule has 4 heteroatoms. The molecule has 2 unspecified atom stereocenters. The van der Waals surface area contributed by atoms with Crippen LogP contribution in [0.5, 0.6) is 0 Å². The third-order valence-electron chi connectivity index (χ3n) is 4.98. The Morgan fingerprint density at radius 3 is 2.00 bits per heavy atom. The molecule has 110 valence electrons. The molecule has 0 aliphatic rings. The van der Waals surface area contributed by atoms with E-state index in [0.29, 0.717) is 11.1 Å². The van der Waals surface area contributed by atoms with Crippen molar-refractivity contribution in [3.8, 4) is 0 Å². The van der Waals surface area contributed by atoms with E-state index in [9.17, 15) is 4.79 Å². The van der Waals surface area contributed by atoms with E-state index in [0.717, 1.165) is 21.4 Å². The molecule has 0 aromatic heterocycles. The fourth-order valence-electron chi connectivity index (χ4n) is 2.13. The van der Waals surface area contributed by atoms with Gasteiger partial charge in [-0.3, -0.25) is 4.79 Å². The molecule has 0 fully saturated rings. The van der Waals surface area contributed by atoms with Gasteiger partial charge in [0, 0.05) is 10.6 Å². The highest BCUT2D eigenvalue weighted by atomic mass is 31.1. The van der Waals surface area contributed by atoms with Gasteiger partial charge in [-0.15, -0.1) is 8.58 Å². The highest BCUT2D eigenvalue weighted by Gasteiger charge is 2.39. The highest BCUT2D eigenvalue weighted by molar-refractivity contribution is 7.41. The van der Waals surface area contributed by atoms with Crippen LogP contribution in [-0.4, -0.2) is 32.0 Å². The fraction of sp³-hybridized carbons (Fsp3) is 0.933. The smallest absolute Gasteiger partial charge is 0.148 e. The standard InChI is InChI=1S/C15H33B2OP/c1-8-13(3,4)12(18)15(7,9-2)19-11-10-14(5,6)17-16/h17,19H,8-11,16H2,1-7H3. The SMILES string of the molecule is BBC(C)(C)CCPC(C)(CC)C(=O)C(C)(C)CC. The molecule has 0 bridgehead atoms. The molecule has 0 heterocycles. The number of carbonyl (C=O) groups excluding carboxylic acids is 1. The van der Waals surface area contributed by atoms with Crippen molar-refractivity contribution >= 4 is 29.3 Å². The lowest BCUT2D eigenvalue weighted by molar-refractivity contribution is -0.129. The molecule has 0 amide bonds. The van der Waals surface area contributed by atoms with E-state index < -0.39 is 0 Å². The van der Waals surface area contributed by atoms with Crippen LogP contribution in [-0.2, 0) is 4.79 Å². The zero-order valence-corrected chi connectivity index (χ0v) is 15.4. The second-order valence-corrected chi connectivity index (χ2v) is 9.40. The van der Waals surface area contributed by atoms with Gasteiger partial charge in [-0.2, -0.15) is 0 Å². The van der Waals surface area contributed by atoms with Gasteiger partial charge in [-0.25, -0.2) is 0 Å². The monoisotopic (exact) mass is 282 g/mol. The average Bonchev–Trinajstić information content (AvgIpc) is 2.37. The maximum Gasteiger partial charge on any atom is 0.148 e. The predicted octanol–water partition coefficient (Wildman–Crippen LogP) is 3.41. The first-order valence-corrected chi connectivity index (χ1v) is 9.05. The van der Waals surface area contributed by atoms with Gasteiger partial charge in [0.1, 0.15) is 5.78 Å². The molecule has 0 aliphatic carbocycles.